The Hall–Kier alpha value is -0.730. The Bertz CT molecular complexity index is 264. The Morgan fingerprint density at radius 3 is 3.06 bits per heavy atom. The normalized spacial score (nSPS) is 24.0. The summed E-state index contributed by atoms with van der Waals surface area (Å²) in [6.07, 6.45) is 3.56. The standard InChI is InChI=1S/C11H19N3OS/c1-2-16-10-4-3-9(7-10)14-8-11(15)13-6-5-12/h9-10,14H,2-4,6-8H2,1H3,(H,13,15). The first-order valence-corrected chi connectivity index (χ1v) is 6.79. The molecule has 1 rings (SSSR count). The van der Waals surface area contributed by atoms with Gasteiger partial charge in [0.15, 0.2) is 0 Å². The predicted molar refractivity (Wildman–Crippen MR) is 66.2 cm³/mol. The van der Waals surface area contributed by atoms with Gasteiger partial charge >= 0.3 is 0 Å². The fourth-order valence-corrected chi connectivity index (χ4v) is 3.09. The van der Waals surface area contributed by atoms with Gasteiger partial charge in [-0.1, -0.05) is 6.92 Å². The molecule has 1 aliphatic rings. The minimum absolute atomic E-state index is 0.0897. The van der Waals surface area contributed by atoms with E-state index in [9.17, 15) is 4.79 Å². The third kappa shape index (κ3) is 4.86. The number of hydrogen-bond donors (Lipinski definition) is 2. The fourth-order valence-electron chi connectivity index (χ4n) is 1.95. The van der Waals surface area contributed by atoms with Crippen molar-refractivity contribution in [1.82, 2.24) is 10.6 Å². The lowest BCUT2D eigenvalue weighted by Crippen LogP contribution is -2.38. The summed E-state index contributed by atoms with van der Waals surface area (Å²) in [5.74, 6) is 1.08. The molecule has 0 heterocycles. The van der Waals surface area contributed by atoms with Gasteiger partial charge in [-0.25, -0.2) is 0 Å². The molecule has 16 heavy (non-hydrogen) atoms. The molecule has 0 aromatic carbocycles. The second-order valence-electron chi connectivity index (χ2n) is 3.90. The van der Waals surface area contributed by atoms with Crippen molar-refractivity contribution in [3.8, 4) is 6.07 Å². The molecule has 0 radical (unpaired) electrons. The second-order valence-corrected chi connectivity index (χ2v) is 5.48. The predicted octanol–water partition coefficient (Wildman–Crippen LogP) is 0.890. The fraction of sp³-hybridized carbons (Fsp3) is 0.818. The number of carbonyl (C=O) groups excluding carboxylic acids is 1. The van der Waals surface area contributed by atoms with E-state index in [1.54, 1.807) is 0 Å². The molecular weight excluding hydrogens is 222 g/mol. The molecule has 1 amide bonds. The largest absolute Gasteiger partial charge is 0.342 e. The van der Waals surface area contributed by atoms with Gasteiger partial charge in [-0.05, 0) is 25.0 Å². The summed E-state index contributed by atoms with van der Waals surface area (Å²) in [4.78, 5) is 11.2. The molecule has 2 N–H and O–H groups in total. The van der Waals surface area contributed by atoms with Crippen molar-refractivity contribution in [2.75, 3.05) is 18.8 Å². The highest BCUT2D eigenvalue weighted by Crippen LogP contribution is 2.29. The quantitative estimate of drug-likeness (QED) is 0.678. The lowest BCUT2D eigenvalue weighted by atomic mass is 10.2. The van der Waals surface area contributed by atoms with Crippen molar-refractivity contribution >= 4 is 17.7 Å². The Balaban J connectivity index is 2.10. The number of rotatable bonds is 6. The maximum absolute atomic E-state index is 11.2. The highest BCUT2D eigenvalue weighted by atomic mass is 32.2. The zero-order chi connectivity index (χ0) is 11.8. The third-order valence-electron chi connectivity index (χ3n) is 2.70. The summed E-state index contributed by atoms with van der Waals surface area (Å²) in [5, 5.41) is 14.8. The lowest BCUT2D eigenvalue weighted by molar-refractivity contribution is -0.120. The van der Waals surface area contributed by atoms with Gasteiger partial charge < -0.3 is 10.6 Å². The van der Waals surface area contributed by atoms with E-state index in [0.29, 0.717) is 12.6 Å². The topological polar surface area (TPSA) is 64.9 Å². The Morgan fingerprint density at radius 1 is 1.56 bits per heavy atom. The number of amides is 1. The number of nitriles is 1. The first-order valence-electron chi connectivity index (χ1n) is 5.75. The number of thioether (sulfide) groups is 1. The van der Waals surface area contributed by atoms with Crippen LogP contribution in [-0.2, 0) is 4.79 Å². The van der Waals surface area contributed by atoms with E-state index in [2.05, 4.69) is 17.6 Å². The molecule has 2 atom stereocenters. The van der Waals surface area contributed by atoms with Gasteiger partial charge in [-0.15, -0.1) is 0 Å². The van der Waals surface area contributed by atoms with Crippen molar-refractivity contribution in [3.63, 3.8) is 0 Å². The summed E-state index contributed by atoms with van der Waals surface area (Å²) < 4.78 is 0. The van der Waals surface area contributed by atoms with Crippen molar-refractivity contribution in [3.05, 3.63) is 0 Å². The zero-order valence-corrected chi connectivity index (χ0v) is 10.5. The average molecular weight is 241 g/mol. The molecule has 0 bridgehead atoms. The first-order chi connectivity index (χ1) is 7.76. The SMILES string of the molecule is CCSC1CCC(NCC(=O)NCC#N)C1. The van der Waals surface area contributed by atoms with Crippen LogP contribution in [0.3, 0.4) is 0 Å². The van der Waals surface area contributed by atoms with Gasteiger partial charge in [-0.3, -0.25) is 4.79 Å². The number of nitrogens with zero attached hydrogens (tertiary/aromatic N) is 1. The van der Waals surface area contributed by atoms with Crippen LogP contribution in [0, 0.1) is 11.3 Å². The molecule has 4 nitrogen and oxygen atoms in total. The Labute approximate surface area is 101 Å². The number of nitrogens with one attached hydrogen (secondary N) is 2. The minimum Gasteiger partial charge on any atom is -0.342 e. The summed E-state index contributed by atoms with van der Waals surface area (Å²) in [5.41, 5.74) is 0. The van der Waals surface area contributed by atoms with Crippen LogP contribution in [0.5, 0.6) is 0 Å². The smallest absolute Gasteiger partial charge is 0.234 e. The van der Waals surface area contributed by atoms with E-state index in [1.807, 2.05) is 17.8 Å². The molecule has 0 aliphatic heterocycles. The van der Waals surface area contributed by atoms with Crippen molar-refractivity contribution in [2.24, 2.45) is 0 Å². The van der Waals surface area contributed by atoms with Crippen LogP contribution in [0.4, 0.5) is 0 Å². The molecule has 0 saturated heterocycles. The van der Waals surface area contributed by atoms with E-state index < -0.39 is 0 Å². The third-order valence-corrected chi connectivity index (χ3v) is 3.94. The molecule has 0 aromatic heterocycles. The molecule has 1 saturated carbocycles. The van der Waals surface area contributed by atoms with Gasteiger partial charge in [0.05, 0.1) is 12.6 Å². The van der Waals surface area contributed by atoms with Gasteiger partial charge in [0.25, 0.3) is 0 Å². The van der Waals surface area contributed by atoms with Crippen molar-refractivity contribution in [1.29, 1.82) is 5.26 Å². The Morgan fingerprint density at radius 2 is 2.38 bits per heavy atom. The minimum atomic E-state index is -0.0897. The molecule has 5 heteroatoms. The lowest BCUT2D eigenvalue weighted by Gasteiger charge is -2.12. The van der Waals surface area contributed by atoms with Crippen molar-refractivity contribution < 1.29 is 4.79 Å². The average Bonchev–Trinajstić information content (AvgIpc) is 2.72. The molecule has 1 fully saturated rings. The number of hydrogen-bond acceptors (Lipinski definition) is 4. The maximum atomic E-state index is 11.2. The van der Waals surface area contributed by atoms with E-state index in [0.717, 1.165) is 18.1 Å². The number of carbonyl (C=O) groups is 1. The van der Waals surface area contributed by atoms with Gasteiger partial charge in [0.1, 0.15) is 6.54 Å². The zero-order valence-electron chi connectivity index (χ0n) is 9.66. The first kappa shape index (κ1) is 13.3. The second kappa shape index (κ2) is 7.53. The van der Waals surface area contributed by atoms with Gasteiger partial charge in [0, 0.05) is 11.3 Å². The van der Waals surface area contributed by atoms with Crippen LogP contribution in [0.2, 0.25) is 0 Å². The van der Waals surface area contributed by atoms with Crippen LogP contribution in [0.25, 0.3) is 0 Å². The molecule has 1 aliphatic carbocycles. The van der Waals surface area contributed by atoms with Crippen LogP contribution in [-0.4, -0.2) is 36.0 Å². The molecule has 0 spiro atoms. The van der Waals surface area contributed by atoms with Gasteiger partial charge in [-0.2, -0.15) is 17.0 Å². The summed E-state index contributed by atoms with van der Waals surface area (Å²) in [7, 11) is 0. The maximum Gasteiger partial charge on any atom is 0.234 e. The molecule has 0 aromatic rings. The molecule has 2 unspecified atom stereocenters. The van der Waals surface area contributed by atoms with Crippen molar-refractivity contribution in [2.45, 2.75) is 37.5 Å². The van der Waals surface area contributed by atoms with E-state index >= 15 is 0 Å². The highest BCUT2D eigenvalue weighted by molar-refractivity contribution is 7.99. The highest BCUT2D eigenvalue weighted by Gasteiger charge is 2.24. The van der Waals surface area contributed by atoms with E-state index in [-0.39, 0.29) is 12.5 Å². The summed E-state index contributed by atoms with van der Waals surface area (Å²) >= 11 is 2.01. The van der Waals surface area contributed by atoms with Crippen LogP contribution in [0.15, 0.2) is 0 Å². The summed E-state index contributed by atoms with van der Waals surface area (Å²) in [6.45, 7) is 2.61. The van der Waals surface area contributed by atoms with Gasteiger partial charge in [0.2, 0.25) is 5.91 Å². The molecular formula is C11H19N3OS. The van der Waals surface area contributed by atoms with E-state index in [4.69, 9.17) is 5.26 Å². The van der Waals surface area contributed by atoms with Crippen LogP contribution >= 0.6 is 11.8 Å². The Kier molecular flexibility index (Phi) is 6.27. The monoisotopic (exact) mass is 241 g/mol. The molecule has 90 valence electrons. The van der Waals surface area contributed by atoms with Crippen LogP contribution in [0.1, 0.15) is 26.2 Å². The van der Waals surface area contributed by atoms with Crippen LogP contribution < -0.4 is 10.6 Å². The van der Waals surface area contributed by atoms with E-state index in [1.165, 1.54) is 12.2 Å². The summed E-state index contributed by atoms with van der Waals surface area (Å²) in [6, 6.07) is 2.36.